The summed E-state index contributed by atoms with van der Waals surface area (Å²) in [7, 11) is 0. The van der Waals surface area contributed by atoms with Gasteiger partial charge in [0.2, 0.25) is 5.12 Å². The van der Waals surface area contributed by atoms with Crippen LogP contribution in [-0.2, 0) is 9.59 Å². The number of ketones is 1. The third-order valence-corrected chi connectivity index (χ3v) is 4.03. The fourth-order valence-electron chi connectivity index (χ4n) is 1.89. The summed E-state index contributed by atoms with van der Waals surface area (Å²) < 4.78 is 0. The molecule has 0 fully saturated rings. The molecule has 0 aromatic heterocycles. The molecule has 0 N–H and O–H groups in total. The largest absolute Gasteiger partial charge is 0.294 e. The molecule has 2 rings (SSSR count). The molecule has 0 heterocycles. The fraction of sp³-hybridized carbons (Fsp3) is 0.100. The molecular formula is C20H18O2S. The van der Waals surface area contributed by atoms with E-state index in [1.807, 2.05) is 72.8 Å². The maximum absolute atomic E-state index is 12.0. The lowest BCUT2D eigenvalue weighted by Gasteiger charge is -2.01. The first-order chi connectivity index (χ1) is 11.1. The Labute approximate surface area is 140 Å². The number of benzene rings is 2. The molecule has 2 aromatic rings. The summed E-state index contributed by atoms with van der Waals surface area (Å²) >= 11 is 1.11. The first kappa shape index (κ1) is 17.0. The number of carbonyl (C=O) groups excluding carboxylic acids is 2. The molecule has 0 aliphatic carbocycles. The predicted octanol–water partition coefficient (Wildman–Crippen LogP) is 4.92. The number of hydrogen-bond acceptors (Lipinski definition) is 3. The third-order valence-electron chi connectivity index (χ3n) is 3.15. The van der Waals surface area contributed by atoms with Gasteiger partial charge in [-0.3, -0.25) is 9.59 Å². The van der Waals surface area contributed by atoms with Crippen molar-refractivity contribution in [3.05, 3.63) is 84.0 Å². The van der Waals surface area contributed by atoms with E-state index in [0.717, 1.165) is 22.2 Å². The summed E-state index contributed by atoms with van der Waals surface area (Å²) in [5.41, 5.74) is 1.65. The van der Waals surface area contributed by atoms with Gasteiger partial charge in [0.25, 0.3) is 0 Å². The quantitative estimate of drug-likeness (QED) is 0.327. The molecule has 116 valence electrons. The van der Waals surface area contributed by atoms with Gasteiger partial charge in [0.05, 0.1) is 6.42 Å². The third kappa shape index (κ3) is 6.09. The second-order valence-electron chi connectivity index (χ2n) is 5.01. The number of allylic oxidation sites excluding steroid dienone is 3. The van der Waals surface area contributed by atoms with Crippen LogP contribution < -0.4 is 0 Å². The van der Waals surface area contributed by atoms with Gasteiger partial charge in [-0.15, -0.1) is 0 Å². The minimum absolute atomic E-state index is 0.0823. The average Bonchev–Trinajstić information content (AvgIpc) is 2.56. The van der Waals surface area contributed by atoms with Crippen LogP contribution in [0.5, 0.6) is 0 Å². The second kappa shape index (κ2) is 8.91. The molecule has 0 saturated heterocycles. The molecule has 0 saturated carbocycles. The van der Waals surface area contributed by atoms with Gasteiger partial charge < -0.3 is 0 Å². The first-order valence-electron chi connectivity index (χ1n) is 7.34. The highest BCUT2D eigenvalue weighted by atomic mass is 32.2. The number of Topliss-reactive ketones (excluding diaryl/α,β-unsaturated/α-hetero) is 1. The van der Waals surface area contributed by atoms with Crippen molar-refractivity contribution < 1.29 is 9.59 Å². The van der Waals surface area contributed by atoms with E-state index < -0.39 is 0 Å². The molecule has 0 aliphatic heterocycles. The van der Waals surface area contributed by atoms with Crippen LogP contribution >= 0.6 is 11.8 Å². The van der Waals surface area contributed by atoms with Crippen LogP contribution in [-0.4, -0.2) is 10.9 Å². The van der Waals surface area contributed by atoms with Crippen molar-refractivity contribution in [2.24, 2.45) is 0 Å². The van der Waals surface area contributed by atoms with E-state index in [9.17, 15) is 9.59 Å². The minimum atomic E-state index is -0.142. The van der Waals surface area contributed by atoms with Crippen LogP contribution in [0.3, 0.4) is 0 Å². The molecule has 0 aliphatic rings. The zero-order valence-corrected chi connectivity index (χ0v) is 13.8. The van der Waals surface area contributed by atoms with E-state index in [4.69, 9.17) is 0 Å². The molecule has 2 aromatic carbocycles. The Morgan fingerprint density at radius 1 is 0.957 bits per heavy atom. The molecule has 3 heteroatoms. The van der Waals surface area contributed by atoms with Crippen LogP contribution in [0.4, 0.5) is 0 Å². The van der Waals surface area contributed by atoms with Gasteiger partial charge >= 0.3 is 0 Å². The standard InChI is InChI=1S/C20H18O2S/c1-16(9-8-12-17-10-4-2-5-11-17)19(21)15-20(22)23-18-13-6-3-7-14-18/h2-14H,15H2,1H3. The zero-order valence-electron chi connectivity index (χ0n) is 12.9. The monoisotopic (exact) mass is 322 g/mol. The molecule has 2 nitrogen and oxygen atoms in total. The maximum atomic E-state index is 12.0. The van der Waals surface area contributed by atoms with E-state index in [0.29, 0.717) is 5.57 Å². The highest BCUT2D eigenvalue weighted by molar-refractivity contribution is 8.13. The molecule has 23 heavy (non-hydrogen) atoms. The van der Waals surface area contributed by atoms with Gasteiger partial charge in [0, 0.05) is 4.90 Å². The summed E-state index contributed by atoms with van der Waals surface area (Å²) in [6.45, 7) is 1.73. The van der Waals surface area contributed by atoms with Crippen LogP contribution in [0.1, 0.15) is 18.9 Å². The summed E-state index contributed by atoms with van der Waals surface area (Å²) in [5, 5.41) is -0.138. The van der Waals surface area contributed by atoms with E-state index in [2.05, 4.69) is 0 Å². The fourth-order valence-corrected chi connectivity index (χ4v) is 2.65. The second-order valence-corrected chi connectivity index (χ2v) is 6.14. The summed E-state index contributed by atoms with van der Waals surface area (Å²) in [5.74, 6) is -0.142. The summed E-state index contributed by atoms with van der Waals surface area (Å²) in [4.78, 5) is 24.8. The Hall–Kier alpha value is -2.39. The summed E-state index contributed by atoms with van der Waals surface area (Å²) in [6, 6.07) is 19.2. The molecule has 0 radical (unpaired) electrons. The normalized spacial score (nSPS) is 11.6. The molecule has 0 unspecified atom stereocenters. The van der Waals surface area contributed by atoms with Gasteiger partial charge in [0.1, 0.15) is 0 Å². The average molecular weight is 322 g/mol. The minimum Gasteiger partial charge on any atom is -0.294 e. The SMILES string of the molecule is CC(=CC=Cc1ccccc1)C(=O)CC(=O)Sc1ccccc1. The summed E-state index contributed by atoms with van der Waals surface area (Å²) in [6.07, 6.45) is 5.42. The topological polar surface area (TPSA) is 34.1 Å². The smallest absolute Gasteiger partial charge is 0.201 e. The Kier molecular flexibility index (Phi) is 6.57. The lowest BCUT2D eigenvalue weighted by atomic mass is 10.1. The number of carbonyl (C=O) groups is 2. The van der Waals surface area contributed by atoms with Gasteiger partial charge in [-0.05, 0) is 30.2 Å². The Morgan fingerprint density at radius 2 is 1.57 bits per heavy atom. The van der Waals surface area contributed by atoms with Gasteiger partial charge in [-0.1, -0.05) is 78.5 Å². The molecule has 0 bridgehead atoms. The van der Waals surface area contributed by atoms with Crippen LogP contribution in [0.25, 0.3) is 6.08 Å². The number of hydrogen-bond donors (Lipinski definition) is 0. The molecule has 0 atom stereocenters. The molecule has 0 amide bonds. The van der Waals surface area contributed by atoms with Crippen molar-refractivity contribution in [3.8, 4) is 0 Å². The maximum Gasteiger partial charge on any atom is 0.201 e. The van der Waals surface area contributed by atoms with E-state index in [1.165, 1.54) is 0 Å². The number of rotatable bonds is 6. The van der Waals surface area contributed by atoms with Gasteiger partial charge in [-0.25, -0.2) is 0 Å². The Bertz CT molecular complexity index is 716. The van der Waals surface area contributed by atoms with Crippen LogP contribution in [0.2, 0.25) is 0 Å². The first-order valence-corrected chi connectivity index (χ1v) is 8.16. The Balaban J connectivity index is 1.88. The highest BCUT2D eigenvalue weighted by Crippen LogP contribution is 2.20. The van der Waals surface area contributed by atoms with Crippen molar-refractivity contribution in [3.63, 3.8) is 0 Å². The van der Waals surface area contributed by atoms with Crippen molar-refractivity contribution in [2.75, 3.05) is 0 Å². The molecular weight excluding hydrogens is 304 g/mol. The van der Waals surface area contributed by atoms with Crippen molar-refractivity contribution in [2.45, 2.75) is 18.2 Å². The predicted molar refractivity (Wildman–Crippen MR) is 96.2 cm³/mol. The van der Waals surface area contributed by atoms with Crippen molar-refractivity contribution in [1.82, 2.24) is 0 Å². The molecule has 0 spiro atoms. The van der Waals surface area contributed by atoms with E-state index >= 15 is 0 Å². The number of thioether (sulfide) groups is 1. The lowest BCUT2D eigenvalue weighted by Crippen LogP contribution is -2.05. The van der Waals surface area contributed by atoms with Crippen molar-refractivity contribution >= 4 is 28.7 Å². The van der Waals surface area contributed by atoms with Crippen LogP contribution in [0, 0.1) is 0 Å². The van der Waals surface area contributed by atoms with Gasteiger partial charge in [-0.2, -0.15) is 0 Å². The lowest BCUT2D eigenvalue weighted by molar-refractivity contribution is -0.120. The zero-order chi connectivity index (χ0) is 16.5. The van der Waals surface area contributed by atoms with E-state index in [-0.39, 0.29) is 17.3 Å². The van der Waals surface area contributed by atoms with Crippen LogP contribution in [0.15, 0.2) is 83.3 Å². The van der Waals surface area contributed by atoms with Crippen molar-refractivity contribution in [1.29, 1.82) is 0 Å². The van der Waals surface area contributed by atoms with Gasteiger partial charge in [0.15, 0.2) is 5.78 Å². The Morgan fingerprint density at radius 3 is 2.22 bits per heavy atom. The van der Waals surface area contributed by atoms with E-state index in [1.54, 1.807) is 13.0 Å². The highest BCUT2D eigenvalue weighted by Gasteiger charge is 2.12.